The Bertz CT molecular complexity index is 690. The van der Waals surface area contributed by atoms with Gasteiger partial charge in [-0.15, -0.1) is 0 Å². The van der Waals surface area contributed by atoms with Crippen LogP contribution in [-0.2, 0) is 0 Å². The number of halogens is 1. The second-order valence-electron chi connectivity index (χ2n) is 3.77. The third kappa shape index (κ3) is 2.86. The number of nitro groups is 1. The van der Waals surface area contributed by atoms with Gasteiger partial charge in [0.25, 0.3) is 5.69 Å². The standard InChI is InChI=1S/C12H9FN4O3/c13-9-6-8(17(18)19)1-2-10(9)20-11-5-7(12(14)15)3-4-16-11/h1-6H,(H3,14,15). The van der Waals surface area contributed by atoms with Crippen LogP contribution in [0.1, 0.15) is 5.56 Å². The fourth-order valence-corrected chi connectivity index (χ4v) is 1.43. The van der Waals surface area contributed by atoms with E-state index in [1.165, 1.54) is 18.3 Å². The molecule has 7 nitrogen and oxygen atoms in total. The summed E-state index contributed by atoms with van der Waals surface area (Å²) in [5.41, 5.74) is 5.31. The molecule has 0 fully saturated rings. The summed E-state index contributed by atoms with van der Waals surface area (Å²) in [6, 6.07) is 5.87. The number of amidine groups is 1. The summed E-state index contributed by atoms with van der Waals surface area (Å²) >= 11 is 0. The zero-order valence-corrected chi connectivity index (χ0v) is 10.0. The molecule has 0 aliphatic carbocycles. The Kier molecular flexibility index (Phi) is 3.56. The molecule has 1 aromatic carbocycles. The van der Waals surface area contributed by atoms with Crippen LogP contribution in [0.2, 0.25) is 0 Å². The highest BCUT2D eigenvalue weighted by Crippen LogP contribution is 2.26. The molecule has 0 saturated carbocycles. The lowest BCUT2D eigenvalue weighted by atomic mass is 10.2. The molecular formula is C12H9FN4O3. The number of nitrogens with one attached hydrogen (secondary N) is 1. The lowest BCUT2D eigenvalue weighted by Crippen LogP contribution is -2.11. The Labute approximate surface area is 112 Å². The first-order chi connectivity index (χ1) is 9.47. The SMILES string of the molecule is N=C(N)c1ccnc(Oc2ccc([N+](=O)[O-])cc2F)c1. The molecule has 0 bridgehead atoms. The van der Waals surface area contributed by atoms with Crippen LogP contribution >= 0.6 is 0 Å². The van der Waals surface area contributed by atoms with Crippen LogP contribution in [0.15, 0.2) is 36.5 Å². The number of nitrogen functional groups attached to an aromatic ring is 1. The molecule has 0 amide bonds. The van der Waals surface area contributed by atoms with Crippen LogP contribution in [0.4, 0.5) is 10.1 Å². The van der Waals surface area contributed by atoms with E-state index in [0.29, 0.717) is 5.56 Å². The van der Waals surface area contributed by atoms with Crippen molar-refractivity contribution < 1.29 is 14.1 Å². The largest absolute Gasteiger partial charge is 0.436 e. The quantitative estimate of drug-likeness (QED) is 0.384. The van der Waals surface area contributed by atoms with Crippen LogP contribution in [0.3, 0.4) is 0 Å². The summed E-state index contributed by atoms with van der Waals surface area (Å²) in [7, 11) is 0. The second kappa shape index (κ2) is 5.31. The fraction of sp³-hybridized carbons (Fsp3) is 0. The first-order valence-corrected chi connectivity index (χ1v) is 5.39. The Morgan fingerprint density at radius 1 is 1.40 bits per heavy atom. The number of nitrogens with two attached hydrogens (primary N) is 1. The number of nitrogens with zero attached hydrogens (tertiary/aromatic N) is 2. The van der Waals surface area contributed by atoms with Gasteiger partial charge in [0, 0.05) is 23.9 Å². The molecule has 2 aromatic rings. The van der Waals surface area contributed by atoms with Gasteiger partial charge in [-0.2, -0.15) is 0 Å². The van der Waals surface area contributed by atoms with Crippen LogP contribution in [0.5, 0.6) is 11.6 Å². The first kappa shape index (κ1) is 13.4. The lowest BCUT2D eigenvalue weighted by molar-refractivity contribution is -0.385. The van der Waals surface area contributed by atoms with E-state index < -0.39 is 10.7 Å². The van der Waals surface area contributed by atoms with Crippen LogP contribution < -0.4 is 10.5 Å². The van der Waals surface area contributed by atoms with Gasteiger partial charge < -0.3 is 10.5 Å². The molecule has 3 N–H and O–H groups in total. The van der Waals surface area contributed by atoms with E-state index in [4.69, 9.17) is 15.9 Å². The molecule has 0 atom stereocenters. The maximum Gasteiger partial charge on any atom is 0.272 e. The van der Waals surface area contributed by atoms with Gasteiger partial charge in [-0.3, -0.25) is 15.5 Å². The predicted molar refractivity (Wildman–Crippen MR) is 68.4 cm³/mol. The molecule has 0 unspecified atom stereocenters. The molecule has 1 aromatic heterocycles. The normalized spacial score (nSPS) is 10.1. The number of nitro benzene ring substituents is 1. The third-order valence-electron chi connectivity index (χ3n) is 2.39. The average Bonchev–Trinajstić information content (AvgIpc) is 2.41. The smallest absolute Gasteiger partial charge is 0.272 e. The van der Waals surface area contributed by atoms with Crippen LogP contribution in [0, 0.1) is 21.3 Å². The zero-order valence-electron chi connectivity index (χ0n) is 10.0. The van der Waals surface area contributed by atoms with Crippen molar-refractivity contribution in [2.24, 2.45) is 5.73 Å². The number of ether oxygens (including phenoxy) is 1. The molecule has 0 aliphatic heterocycles. The molecule has 20 heavy (non-hydrogen) atoms. The monoisotopic (exact) mass is 276 g/mol. The van der Waals surface area contributed by atoms with Gasteiger partial charge in [-0.05, 0) is 12.1 Å². The molecular weight excluding hydrogens is 267 g/mol. The zero-order chi connectivity index (χ0) is 14.7. The number of hydrogen-bond acceptors (Lipinski definition) is 5. The molecule has 8 heteroatoms. The van der Waals surface area contributed by atoms with Crippen molar-refractivity contribution >= 4 is 11.5 Å². The molecule has 0 radical (unpaired) electrons. The van der Waals surface area contributed by atoms with Gasteiger partial charge in [-0.25, -0.2) is 9.37 Å². The minimum absolute atomic E-state index is 0.0328. The van der Waals surface area contributed by atoms with Crippen molar-refractivity contribution in [3.05, 3.63) is 58.0 Å². The lowest BCUT2D eigenvalue weighted by Gasteiger charge is -2.06. The van der Waals surface area contributed by atoms with Crippen molar-refractivity contribution in [3.63, 3.8) is 0 Å². The minimum Gasteiger partial charge on any atom is -0.436 e. The maximum absolute atomic E-state index is 13.6. The van der Waals surface area contributed by atoms with E-state index in [-0.39, 0.29) is 23.2 Å². The summed E-state index contributed by atoms with van der Waals surface area (Å²) in [6.45, 7) is 0. The second-order valence-corrected chi connectivity index (χ2v) is 3.77. The third-order valence-corrected chi connectivity index (χ3v) is 2.39. The molecule has 0 saturated heterocycles. The number of rotatable bonds is 4. The highest BCUT2D eigenvalue weighted by Gasteiger charge is 2.13. The highest BCUT2D eigenvalue weighted by atomic mass is 19.1. The van der Waals surface area contributed by atoms with E-state index in [1.807, 2.05) is 0 Å². The Hall–Kier alpha value is -3.03. The molecule has 2 rings (SSSR count). The number of non-ortho nitro benzene ring substituents is 1. The van der Waals surface area contributed by atoms with Gasteiger partial charge in [0.05, 0.1) is 11.0 Å². The van der Waals surface area contributed by atoms with Gasteiger partial charge in [0.1, 0.15) is 5.84 Å². The van der Waals surface area contributed by atoms with Crippen molar-refractivity contribution in [1.29, 1.82) is 5.41 Å². The predicted octanol–water partition coefficient (Wildman–Crippen LogP) is 2.21. The average molecular weight is 276 g/mol. The van der Waals surface area contributed by atoms with Crippen molar-refractivity contribution in [3.8, 4) is 11.6 Å². The van der Waals surface area contributed by atoms with Crippen LogP contribution in [-0.4, -0.2) is 15.7 Å². The maximum atomic E-state index is 13.6. The molecule has 0 aliphatic rings. The number of aromatic nitrogens is 1. The summed E-state index contributed by atoms with van der Waals surface area (Å²) in [5, 5.41) is 17.8. The van der Waals surface area contributed by atoms with E-state index in [9.17, 15) is 14.5 Å². The number of pyridine rings is 1. The summed E-state index contributed by atoms with van der Waals surface area (Å²) < 4.78 is 18.8. The van der Waals surface area contributed by atoms with Crippen LogP contribution in [0.25, 0.3) is 0 Å². The fourth-order valence-electron chi connectivity index (χ4n) is 1.43. The van der Waals surface area contributed by atoms with Gasteiger partial charge >= 0.3 is 0 Å². The van der Waals surface area contributed by atoms with Crippen molar-refractivity contribution in [2.45, 2.75) is 0 Å². The Morgan fingerprint density at radius 3 is 2.75 bits per heavy atom. The number of hydrogen-bond donors (Lipinski definition) is 2. The number of benzene rings is 1. The summed E-state index contributed by atoms with van der Waals surface area (Å²) in [5.74, 6) is -1.23. The van der Waals surface area contributed by atoms with Crippen molar-refractivity contribution in [1.82, 2.24) is 4.98 Å². The summed E-state index contributed by atoms with van der Waals surface area (Å²) in [6.07, 6.45) is 1.36. The Balaban J connectivity index is 2.28. The topological polar surface area (TPSA) is 115 Å². The van der Waals surface area contributed by atoms with E-state index in [1.54, 1.807) is 0 Å². The van der Waals surface area contributed by atoms with Gasteiger partial charge in [0.2, 0.25) is 5.88 Å². The summed E-state index contributed by atoms with van der Waals surface area (Å²) in [4.78, 5) is 13.6. The molecule has 1 heterocycles. The molecule has 102 valence electrons. The highest BCUT2D eigenvalue weighted by molar-refractivity contribution is 5.95. The van der Waals surface area contributed by atoms with Crippen molar-refractivity contribution in [2.75, 3.05) is 0 Å². The van der Waals surface area contributed by atoms with Gasteiger partial charge in [-0.1, -0.05) is 0 Å². The van der Waals surface area contributed by atoms with E-state index in [0.717, 1.165) is 18.2 Å². The van der Waals surface area contributed by atoms with Gasteiger partial charge in [0.15, 0.2) is 11.6 Å². The minimum atomic E-state index is -0.880. The Morgan fingerprint density at radius 2 is 2.15 bits per heavy atom. The molecule has 0 spiro atoms. The van der Waals surface area contributed by atoms with E-state index >= 15 is 0 Å². The first-order valence-electron chi connectivity index (χ1n) is 5.39. The van der Waals surface area contributed by atoms with E-state index in [2.05, 4.69) is 4.98 Å².